The van der Waals surface area contributed by atoms with Gasteiger partial charge in [0.25, 0.3) is 0 Å². The molecule has 0 aromatic heterocycles. The summed E-state index contributed by atoms with van der Waals surface area (Å²) in [7, 11) is 0. The number of hydrogen-bond donors (Lipinski definition) is 1. The maximum atomic E-state index is 6.99. The topological polar surface area (TPSA) is 54.7 Å². The van der Waals surface area contributed by atoms with E-state index < -0.39 is 0 Å². The molecular formula is C7H12N2O2. The first-order chi connectivity index (χ1) is 5.33. The van der Waals surface area contributed by atoms with E-state index in [1.807, 2.05) is 0 Å². The molecule has 0 amide bonds. The van der Waals surface area contributed by atoms with Crippen molar-refractivity contribution >= 4 is 12.7 Å². The van der Waals surface area contributed by atoms with Crippen molar-refractivity contribution in [2.45, 2.75) is 18.9 Å². The van der Waals surface area contributed by atoms with Crippen molar-refractivity contribution in [2.75, 3.05) is 13.2 Å². The van der Waals surface area contributed by atoms with Crippen LogP contribution in [0.2, 0.25) is 0 Å². The Morgan fingerprint density at radius 3 is 3.18 bits per heavy atom. The molecule has 1 unspecified atom stereocenters. The minimum atomic E-state index is -0.125. The van der Waals surface area contributed by atoms with Gasteiger partial charge < -0.3 is 9.47 Å². The number of rotatable bonds is 2. The van der Waals surface area contributed by atoms with E-state index in [4.69, 9.17) is 14.9 Å². The summed E-state index contributed by atoms with van der Waals surface area (Å²) in [6.07, 6.45) is 2.25. The second kappa shape index (κ2) is 4.08. The number of ether oxygens (including phenoxy) is 2. The summed E-state index contributed by atoms with van der Waals surface area (Å²) < 4.78 is 10.2. The van der Waals surface area contributed by atoms with E-state index in [0.29, 0.717) is 6.61 Å². The van der Waals surface area contributed by atoms with Crippen molar-refractivity contribution in [3.8, 4) is 0 Å². The maximum Gasteiger partial charge on any atom is 0.308 e. The van der Waals surface area contributed by atoms with E-state index >= 15 is 0 Å². The Kier molecular flexibility index (Phi) is 3.04. The van der Waals surface area contributed by atoms with Gasteiger partial charge in [-0.05, 0) is 19.6 Å². The highest BCUT2D eigenvalue weighted by Gasteiger charge is 2.15. The summed E-state index contributed by atoms with van der Waals surface area (Å²) >= 11 is 0. The molecule has 1 fully saturated rings. The van der Waals surface area contributed by atoms with E-state index in [-0.39, 0.29) is 12.1 Å². The average molecular weight is 156 g/mol. The number of amidine groups is 1. The molecule has 1 rings (SSSR count). The minimum absolute atomic E-state index is 0.125. The van der Waals surface area contributed by atoms with Crippen molar-refractivity contribution in [3.63, 3.8) is 0 Å². The molecule has 0 saturated carbocycles. The molecule has 0 aromatic rings. The molecule has 0 spiro atoms. The fraction of sp³-hybridized carbons (Fsp3) is 0.714. The molecular weight excluding hydrogens is 144 g/mol. The van der Waals surface area contributed by atoms with Crippen LogP contribution in [0, 0.1) is 5.41 Å². The molecule has 1 saturated heterocycles. The molecule has 0 aliphatic carbocycles. The summed E-state index contributed by atoms with van der Waals surface area (Å²) in [5.74, 6) is 0. The number of nitrogens with one attached hydrogen (secondary N) is 1. The molecule has 1 heterocycles. The molecule has 0 radical (unpaired) electrons. The highest BCUT2D eigenvalue weighted by atomic mass is 16.5. The van der Waals surface area contributed by atoms with Crippen LogP contribution in [0.15, 0.2) is 4.99 Å². The van der Waals surface area contributed by atoms with Crippen LogP contribution in [0.25, 0.3) is 0 Å². The Hall–Kier alpha value is -0.900. The van der Waals surface area contributed by atoms with Crippen LogP contribution >= 0.6 is 0 Å². The standard InChI is InChI=1S/C7H12N2O2/c1-9-7(8)11-5-6-3-2-4-10-6/h6,8H,1-5H2. The Morgan fingerprint density at radius 2 is 2.64 bits per heavy atom. The summed E-state index contributed by atoms with van der Waals surface area (Å²) in [4.78, 5) is 3.30. The second-order valence-corrected chi connectivity index (χ2v) is 2.41. The third-order valence-electron chi connectivity index (χ3n) is 1.57. The zero-order valence-electron chi connectivity index (χ0n) is 6.38. The van der Waals surface area contributed by atoms with Crippen LogP contribution in [-0.4, -0.2) is 32.1 Å². The van der Waals surface area contributed by atoms with E-state index in [2.05, 4.69) is 11.7 Å². The van der Waals surface area contributed by atoms with Crippen molar-refractivity contribution in [1.82, 2.24) is 0 Å². The first-order valence-electron chi connectivity index (χ1n) is 3.62. The van der Waals surface area contributed by atoms with Crippen molar-refractivity contribution in [2.24, 2.45) is 4.99 Å². The van der Waals surface area contributed by atoms with Gasteiger partial charge in [0.1, 0.15) is 6.61 Å². The summed E-state index contributed by atoms with van der Waals surface area (Å²) in [6, 6.07) is -0.125. The third kappa shape index (κ3) is 2.67. The van der Waals surface area contributed by atoms with Crippen LogP contribution in [0.4, 0.5) is 0 Å². The predicted octanol–water partition coefficient (Wildman–Crippen LogP) is 0.817. The first kappa shape index (κ1) is 8.20. The van der Waals surface area contributed by atoms with Gasteiger partial charge in [-0.15, -0.1) is 0 Å². The van der Waals surface area contributed by atoms with Crippen molar-refractivity contribution in [3.05, 3.63) is 0 Å². The molecule has 1 aliphatic heterocycles. The van der Waals surface area contributed by atoms with E-state index in [1.54, 1.807) is 0 Å². The van der Waals surface area contributed by atoms with Crippen LogP contribution in [0.5, 0.6) is 0 Å². The Labute approximate surface area is 65.7 Å². The maximum absolute atomic E-state index is 6.99. The van der Waals surface area contributed by atoms with Crippen LogP contribution < -0.4 is 0 Å². The molecule has 0 aromatic carbocycles. The smallest absolute Gasteiger partial charge is 0.308 e. The lowest BCUT2D eigenvalue weighted by atomic mass is 10.2. The van der Waals surface area contributed by atoms with Crippen molar-refractivity contribution < 1.29 is 9.47 Å². The molecule has 11 heavy (non-hydrogen) atoms. The lowest BCUT2D eigenvalue weighted by Gasteiger charge is -2.08. The fourth-order valence-electron chi connectivity index (χ4n) is 0.993. The van der Waals surface area contributed by atoms with Gasteiger partial charge in [-0.1, -0.05) is 0 Å². The monoisotopic (exact) mass is 156 g/mol. The average Bonchev–Trinajstić information content (AvgIpc) is 2.52. The molecule has 1 aliphatic rings. The molecule has 1 N–H and O–H groups in total. The third-order valence-corrected chi connectivity index (χ3v) is 1.57. The molecule has 1 atom stereocenters. The molecule has 4 heteroatoms. The SMILES string of the molecule is C=NC(=N)OCC1CCCO1. The normalized spacial score (nSPS) is 23.1. The minimum Gasteiger partial charge on any atom is -0.461 e. The van der Waals surface area contributed by atoms with Gasteiger partial charge in [0.15, 0.2) is 0 Å². The predicted molar refractivity (Wildman–Crippen MR) is 42.2 cm³/mol. The highest BCUT2D eigenvalue weighted by Crippen LogP contribution is 2.11. The van der Waals surface area contributed by atoms with Crippen molar-refractivity contribution in [1.29, 1.82) is 5.41 Å². The lowest BCUT2D eigenvalue weighted by Crippen LogP contribution is -2.16. The molecule has 4 nitrogen and oxygen atoms in total. The molecule has 0 bridgehead atoms. The summed E-state index contributed by atoms with van der Waals surface area (Å²) in [6.45, 7) is 4.40. The van der Waals surface area contributed by atoms with Gasteiger partial charge in [-0.2, -0.15) is 0 Å². The zero-order valence-corrected chi connectivity index (χ0v) is 6.38. The van der Waals surface area contributed by atoms with Gasteiger partial charge in [0.2, 0.25) is 0 Å². The quantitative estimate of drug-likeness (QED) is 0.475. The Morgan fingerprint density at radius 1 is 1.82 bits per heavy atom. The van der Waals surface area contributed by atoms with Gasteiger partial charge >= 0.3 is 6.02 Å². The Balaban J connectivity index is 2.10. The van der Waals surface area contributed by atoms with Crippen LogP contribution in [0.1, 0.15) is 12.8 Å². The number of aliphatic imine (C=N–C) groups is 1. The Bertz CT molecular complexity index is 153. The summed E-state index contributed by atoms with van der Waals surface area (Å²) in [5, 5.41) is 6.99. The first-order valence-corrected chi connectivity index (χ1v) is 3.62. The van der Waals surface area contributed by atoms with Crippen LogP contribution in [-0.2, 0) is 9.47 Å². The molecule has 62 valence electrons. The van der Waals surface area contributed by atoms with E-state index in [0.717, 1.165) is 19.4 Å². The lowest BCUT2D eigenvalue weighted by molar-refractivity contribution is 0.0629. The largest absolute Gasteiger partial charge is 0.461 e. The van der Waals surface area contributed by atoms with E-state index in [9.17, 15) is 0 Å². The highest BCUT2D eigenvalue weighted by molar-refractivity contribution is 5.75. The van der Waals surface area contributed by atoms with E-state index in [1.165, 1.54) is 0 Å². The zero-order chi connectivity index (χ0) is 8.10. The fourth-order valence-corrected chi connectivity index (χ4v) is 0.993. The number of nitrogens with zero attached hydrogens (tertiary/aromatic N) is 1. The van der Waals surface area contributed by atoms with Gasteiger partial charge in [0, 0.05) is 6.61 Å². The number of hydrogen-bond acceptors (Lipinski definition) is 3. The van der Waals surface area contributed by atoms with Gasteiger partial charge in [-0.25, -0.2) is 10.4 Å². The summed E-state index contributed by atoms with van der Waals surface area (Å²) in [5.41, 5.74) is 0. The van der Waals surface area contributed by atoms with Crippen LogP contribution in [0.3, 0.4) is 0 Å². The van der Waals surface area contributed by atoms with Gasteiger partial charge in [-0.3, -0.25) is 0 Å². The second-order valence-electron chi connectivity index (χ2n) is 2.41. The van der Waals surface area contributed by atoms with Gasteiger partial charge in [0.05, 0.1) is 6.10 Å².